The molecule has 1 unspecified atom stereocenters. The van der Waals surface area contributed by atoms with Crippen molar-refractivity contribution in [2.75, 3.05) is 13.6 Å². The van der Waals surface area contributed by atoms with Crippen LogP contribution in [0.4, 0.5) is 0 Å². The first-order chi connectivity index (χ1) is 9.00. The van der Waals surface area contributed by atoms with E-state index in [0.29, 0.717) is 19.1 Å². The molecule has 0 spiro atoms. The number of hydrogen-bond donors (Lipinski definition) is 1. The normalized spacial score (nSPS) is 17.6. The Labute approximate surface area is 115 Å². The molecule has 1 N–H and O–H groups in total. The fourth-order valence-corrected chi connectivity index (χ4v) is 3.21. The Morgan fingerprint density at radius 2 is 1.95 bits per heavy atom. The highest BCUT2D eigenvalue weighted by atomic mass is 32.2. The molecule has 1 atom stereocenters. The summed E-state index contributed by atoms with van der Waals surface area (Å²) in [6.45, 7) is 2.73. The molecule has 0 amide bonds. The van der Waals surface area contributed by atoms with Gasteiger partial charge in [-0.2, -0.15) is 0 Å². The molecule has 1 aromatic carbocycles. The first-order valence-electron chi connectivity index (χ1n) is 6.72. The maximum Gasteiger partial charge on any atom is 0.218 e. The summed E-state index contributed by atoms with van der Waals surface area (Å²) in [5.74, 6) is 0. The van der Waals surface area contributed by atoms with Crippen molar-refractivity contribution in [1.82, 2.24) is 9.62 Å². The third kappa shape index (κ3) is 4.03. The minimum absolute atomic E-state index is 0.387. The van der Waals surface area contributed by atoms with Crippen molar-refractivity contribution in [2.45, 2.75) is 37.6 Å². The van der Waals surface area contributed by atoms with Crippen LogP contribution in [-0.4, -0.2) is 37.6 Å². The van der Waals surface area contributed by atoms with Crippen LogP contribution in [0.5, 0.6) is 0 Å². The van der Waals surface area contributed by atoms with Gasteiger partial charge in [-0.1, -0.05) is 30.3 Å². The van der Waals surface area contributed by atoms with Gasteiger partial charge in [-0.05, 0) is 25.3 Å². The first kappa shape index (κ1) is 14.5. The fraction of sp³-hybridized carbons (Fsp3) is 0.571. The van der Waals surface area contributed by atoms with Crippen molar-refractivity contribution in [3.63, 3.8) is 0 Å². The van der Waals surface area contributed by atoms with E-state index in [1.807, 2.05) is 30.3 Å². The Bertz CT molecular complexity index is 497. The average Bonchev–Trinajstić information content (AvgIpc) is 3.21. The van der Waals surface area contributed by atoms with E-state index in [2.05, 4.69) is 5.32 Å². The number of hydrogen-bond acceptors (Lipinski definition) is 3. The molecule has 0 bridgehead atoms. The first-order valence-corrected chi connectivity index (χ1v) is 8.23. The van der Waals surface area contributed by atoms with Gasteiger partial charge in [0.2, 0.25) is 10.0 Å². The van der Waals surface area contributed by atoms with E-state index < -0.39 is 10.0 Å². The lowest BCUT2D eigenvalue weighted by Crippen LogP contribution is -2.40. The number of sulfonamides is 1. The Hall–Kier alpha value is -0.910. The zero-order chi connectivity index (χ0) is 13.9. The summed E-state index contributed by atoms with van der Waals surface area (Å²) in [6.07, 6.45) is 2.35. The van der Waals surface area contributed by atoms with Crippen molar-refractivity contribution in [3.8, 4) is 0 Å². The summed E-state index contributed by atoms with van der Waals surface area (Å²) in [4.78, 5) is 0. The van der Waals surface area contributed by atoms with Crippen molar-refractivity contribution in [2.24, 2.45) is 0 Å². The smallest absolute Gasteiger partial charge is 0.218 e. The Balaban J connectivity index is 1.93. The third-order valence-corrected chi connectivity index (χ3v) is 5.64. The van der Waals surface area contributed by atoms with E-state index >= 15 is 0 Å². The van der Waals surface area contributed by atoms with Gasteiger partial charge in [0.15, 0.2) is 0 Å². The van der Waals surface area contributed by atoms with Gasteiger partial charge in [0.05, 0.1) is 5.25 Å². The van der Waals surface area contributed by atoms with E-state index in [4.69, 9.17) is 0 Å². The van der Waals surface area contributed by atoms with Gasteiger partial charge >= 0.3 is 0 Å². The SMILES string of the molecule is CC(CNC1CC1)S(=O)(=O)N(C)Cc1ccccc1. The molecule has 1 aliphatic carbocycles. The topological polar surface area (TPSA) is 49.4 Å². The summed E-state index contributed by atoms with van der Waals surface area (Å²) in [5, 5.41) is 2.89. The maximum absolute atomic E-state index is 12.4. The van der Waals surface area contributed by atoms with Gasteiger partial charge in [-0.15, -0.1) is 0 Å². The Morgan fingerprint density at radius 1 is 1.32 bits per heavy atom. The minimum Gasteiger partial charge on any atom is -0.313 e. The summed E-state index contributed by atoms with van der Waals surface area (Å²) in [7, 11) is -1.59. The third-order valence-electron chi connectivity index (χ3n) is 3.46. The van der Waals surface area contributed by atoms with E-state index in [-0.39, 0.29) is 5.25 Å². The second kappa shape index (κ2) is 6.03. The molecule has 106 valence electrons. The molecule has 2 rings (SSSR count). The van der Waals surface area contributed by atoms with Crippen LogP contribution in [0.25, 0.3) is 0 Å². The number of benzene rings is 1. The molecule has 5 heteroatoms. The van der Waals surface area contributed by atoms with Crippen molar-refractivity contribution < 1.29 is 8.42 Å². The molecule has 0 saturated heterocycles. The predicted octanol–water partition coefficient (Wildman–Crippen LogP) is 1.59. The highest BCUT2D eigenvalue weighted by Crippen LogP contribution is 2.19. The Kier molecular flexibility index (Phi) is 4.60. The zero-order valence-corrected chi connectivity index (χ0v) is 12.4. The lowest BCUT2D eigenvalue weighted by atomic mass is 10.2. The second-order valence-corrected chi connectivity index (χ2v) is 7.74. The van der Waals surface area contributed by atoms with Crippen LogP contribution in [0.1, 0.15) is 25.3 Å². The lowest BCUT2D eigenvalue weighted by molar-refractivity contribution is 0.453. The molecule has 1 fully saturated rings. The quantitative estimate of drug-likeness (QED) is 0.826. The van der Waals surface area contributed by atoms with Crippen LogP contribution >= 0.6 is 0 Å². The summed E-state index contributed by atoms with van der Waals surface area (Å²) < 4.78 is 26.2. The van der Waals surface area contributed by atoms with Crippen LogP contribution in [0.15, 0.2) is 30.3 Å². The average molecular weight is 282 g/mol. The van der Waals surface area contributed by atoms with Crippen molar-refractivity contribution in [3.05, 3.63) is 35.9 Å². The standard InChI is InChI=1S/C14H22N2O2S/c1-12(10-15-14-8-9-14)19(17,18)16(2)11-13-6-4-3-5-7-13/h3-7,12,14-15H,8-11H2,1-2H3. The molecule has 0 heterocycles. The molecule has 4 nitrogen and oxygen atoms in total. The molecule has 0 aromatic heterocycles. The van der Waals surface area contributed by atoms with E-state index in [1.165, 1.54) is 17.1 Å². The van der Waals surface area contributed by atoms with Crippen molar-refractivity contribution in [1.29, 1.82) is 0 Å². The molecule has 1 aliphatic rings. The molecular weight excluding hydrogens is 260 g/mol. The van der Waals surface area contributed by atoms with Crippen LogP contribution in [-0.2, 0) is 16.6 Å². The summed E-state index contributed by atoms with van der Waals surface area (Å²) in [5.41, 5.74) is 1.01. The fourth-order valence-electron chi connectivity index (χ4n) is 1.96. The lowest BCUT2D eigenvalue weighted by Gasteiger charge is -2.22. The van der Waals surface area contributed by atoms with E-state index in [0.717, 1.165) is 5.56 Å². The Morgan fingerprint density at radius 3 is 2.53 bits per heavy atom. The monoisotopic (exact) mass is 282 g/mol. The second-order valence-electron chi connectivity index (χ2n) is 5.28. The van der Waals surface area contributed by atoms with Gasteiger partial charge in [0.25, 0.3) is 0 Å². The highest BCUT2D eigenvalue weighted by molar-refractivity contribution is 7.89. The number of nitrogens with zero attached hydrogens (tertiary/aromatic N) is 1. The molecule has 1 saturated carbocycles. The largest absolute Gasteiger partial charge is 0.313 e. The molecule has 19 heavy (non-hydrogen) atoms. The minimum atomic E-state index is -3.23. The molecular formula is C14H22N2O2S. The molecule has 0 aliphatic heterocycles. The van der Waals surface area contributed by atoms with E-state index in [1.54, 1.807) is 14.0 Å². The highest BCUT2D eigenvalue weighted by Gasteiger charge is 2.28. The maximum atomic E-state index is 12.4. The van der Waals surface area contributed by atoms with Gasteiger partial charge in [0.1, 0.15) is 0 Å². The number of nitrogens with one attached hydrogen (secondary N) is 1. The molecule has 1 aromatic rings. The summed E-state index contributed by atoms with van der Waals surface area (Å²) in [6, 6.07) is 10.2. The van der Waals surface area contributed by atoms with Gasteiger partial charge in [-0.25, -0.2) is 12.7 Å². The summed E-state index contributed by atoms with van der Waals surface area (Å²) >= 11 is 0. The van der Waals surface area contributed by atoms with Gasteiger partial charge in [-0.3, -0.25) is 0 Å². The van der Waals surface area contributed by atoms with Crippen LogP contribution in [0, 0.1) is 0 Å². The zero-order valence-electron chi connectivity index (χ0n) is 11.5. The van der Waals surface area contributed by atoms with Crippen LogP contribution in [0.3, 0.4) is 0 Å². The van der Waals surface area contributed by atoms with Gasteiger partial charge in [0, 0.05) is 26.2 Å². The van der Waals surface area contributed by atoms with Crippen LogP contribution < -0.4 is 5.32 Å². The number of rotatable bonds is 7. The molecule has 0 radical (unpaired) electrons. The van der Waals surface area contributed by atoms with E-state index in [9.17, 15) is 8.42 Å². The predicted molar refractivity (Wildman–Crippen MR) is 77.3 cm³/mol. The van der Waals surface area contributed by atoms with Crippen LogP contribution in [0.2, 0.25) is 0 Å². The van der Waals surface area contributed by atoms with Gasteiger partial charge < -0.3 is 5.32 Å². The van der Waals surface area contributed by atoms with Crippen molar-refractivity contribution >= 4 is 10.0 Å².